The molecule has 0 amide bonds. The van der Waals surface area contributed by atoms with E-state index in [1.54, 1.807) is 0 Å². The van der Waals surface area contributed by atoms with Gasteiger partial charge in [-0.2, -0.15) is 5.26 Å². The van der Waals surface area contributed by atoms with Crippen LogP contribution in [0.25, 0.3) is 0 Å². The zero-order chi connectivity index (χ0) is 13.3. The summed E-state index contributed by atoms with van der Waals surface area (Å²) in [6, 6.07) is 8.42. The summed E-state index contributed by atoms with van der Waals surface area (Å²) in [5.74, 6) is 0.0846. The number of halogens is 1. The first kappa shape index (κ1) is 13.2. The Kier molecular flexibility index (Phi) is 3.54. The SMILES string of the molecule is Cc1cc(Cl)ccc1N1CCC(C)(C)C(C#N)C1. The van der Waals surface area contributed by atoms with E-state index < -0.39 is 0 Å². The molecule has 1 saturated heterocycles. The lowest BCUT2D eigenvalue weighted by atomic mass is 9.74. The van der Waals surface area contributed by atoms with Gasteiger partial charge >= 0.3 is 0 Å². The first-order valence-corrected chi connectivity index (χ1v) is 6.72. The van der Waals surface area contributed by atoms with Crippen LogP contribution in [0.3, 0.4) is 0 Å². The molecule has 0 aromatic heterocycles. The largest absolute Gasteiger partial charge is 0.370 e. The summed E-state index contributed by atoms with van der Waals surface area (Å²) in [4.78, 5) is 2.31. The van der Waals surface area contributed by atoms with E-state index >= 15 is 0 Å². The van der Waals surface area contributed by atoms with Gasteiger partial charge in [-0.15, -0.1) is 0 Å². The maximum atomic E-state index is 9.31. The molecule has 3 heteroatoms. The molecule has 2 nitrogen and oxygen atoms in total. The number of rotatable bonds is 1. The van der Waals surface area contributed by atoms with E-state index in [-0.39, 0.29) is 11.3 Å². The molecule has 1 aliphatic rings. The van der Waals surface area contributed by atoms with Gasteiger partial charge in [0.05, 0.1) is 12.0 Å². The van der Waals surface area contributed by atoms with Crippen molar-refractivity contribution >= 4 is 17.3 Å². The molecule has 0 saturated carbocycles. The van der Waals surface area contributed by atoms with Crippen molar-refractivity contribution in [3.63, 3.8) is 0 Å². The Morgan fingerprint density at radius 2 is 2.17 bits per heavy atom. The fourth-order valence-corrected chi connectivity index (χ4v) is 2.79. The fraction of sp³-hybridized carbons (Fsp3) is 0.533. The zero-order valence-electron chi connectivity index (χ0n) is 11.2. The van der Waals surface area contributed by atoms with Gasteiger partial charge in [0.2, 0.25) is 0 Å². The second-order valence-corrected chi connectivity index (χ2v) is 6.23. The van der Waals surface area contributed by atoms with Gasteiger partial charge in [0.15, 0.2) is 0 Å². The van der Waals surface area contributed by atoms with Crippen LogP contribution < -0.4 is 4.90 Å². The summed E-state index contributed by atoms with van der Waals surface area (Å²) in [7, 11) is 0. The lowest BCUT2D eigenvalue weighted by molar-refractivity contribution is 0.217. The Hall–Kier alpha value is -1.20. The minimum absolute atomic E-state index is 0.0846. The van der Waals surface area contributed by atoms with Crippen LogP contribution in [0, 0.1) is 29.6 Å². The molecule has 1 aromatic carbocycles. The van der Waals surface area contributed by atoms with E-state index in [1.807, 2.05) is 12.1 Å². The van der Waals surface area contributed by atoms with Crippen LogP contribution in [0.1, 0.15) is 25.8 Å². The van der Waals surface area contributed by atoms with Gasteiger partial charge < -0.3 is 4.90 Å². The van der Waals surface area contributed by atoms with E-state index in [9.17, 15) is 5.26 Å². The van der Waals surface area contributed by atoms with Crippen LogP contribution in [-0.4, -0.2) is 13.1 Å². The standard InChI is InChI=1S/C15H19ClN2/c1-11-8-13(16)4-5-14(11)18-7-6-15(2,3)12(9-17)10-18/h4-5,8,12H,6-7,10H2,1-3H3. The van der Waals surface area contributed by atoms with Gasteiger partial charge in [0, 0.05) is 23.8 Å². The molecule has 0 aliphatic carbocycles. The molecule has 1 aromatic rings. The van der Waals surface area contributed by atoms with E-state index in [0.29, 0.717) is 0 Å². The van der Waals surface area contributed by atoms with Crippen LogP contribution in [0.15, 0.2) is 18.2 Å². The van der Waals surface area contributed by atoms with Crippen LogP contribution in [0.4, 0.5) is 5.69 Å². The van der Waals surface area contributed by atoms with E-state index in [2.05, 4.69) is 37.8 Å². The quantitative estimate of drug-likeness (QED) is 0.764. The van der Waals surface area contributed by atoms with E-state index in [0.717, 1.165) is 24.5 Å². The molecule has 2 rings (SSSR count). The number of aryl methyl sites for hydroxylation is 1. The summed E-state index contributed by atoms with van der Waals surface area (Å²) in [5.41, 5.74) is 2.50. The van der Waals surface area contributed by atoms with Crippen molar-refractivity contribution in [2.45, 2.75) is 27.2 Å². The summed E-state index contributed by atoms with van der Waals surface area (Å²) in [6.07, 6.45) is 1.05. The molecular formula is C15H19ClN2. The van der Waals surface area contributed by atoms with Gasteiger partial charge in [-0.3, -0.25) is 0 Å². The average molecular weight is 263 g/mol. The molecule has 1 fully saturated rings. The number of nitrogens with zero attached hydrogens (tertiary/aromatic N) is 2. The molecule has 0 radical (unpaired) electrons. The molecule has 1 heterocycles. The monoisotopic (exact) mass is 262 g/mol. The fourth-order valence-electron chi connectivity index (χ4n) is 2.56. The number of nitriles is 1. The third kappa shape index (κ3) is 2.47. The summed E-state index contributed by atoms with van der Waals surface area (Å²) in [6.45, 7) is 8.27. The number of hydrogen-bond acceptors (Lipinski definition) is 2. The Labute approximate surface area is 114 Å². The van der Waals surface area contributed by atoms with Crippen molar-refractivity contribution in [1.29, 1.82) is 5.26 Å². The second kappa shape index (κ2) is 4.82. The molecule has 1 atom stereocenters. The topological polar surface area (TPSA) is 27.0 Å². The Balaban J connectivity index is 2.24. The predicted octanol–water partition coefficient (Wildman–Crippen LogP) is 4.02. The first-order valence-electron chi connectivity index (χ1n) is 6.35. The van der Waals surface area contributed by atoms with Crippen LogP contribution in [0.2, 0.25) is 5.02 Å². The molecule has 1 aliphatic heterocycles. The maximum Gasteiger partial charge on any atom is 0.0690 e. The molecule has 0 bridgehead atoms. The number of piperidine rings is 1. The highest BCUT2D eigenvalue weighted by Crippen LogP contribution is 2.37. The highest BCUT2D eigenvalue weighted by molar-refractivity contribution is 6.30. The van der Waals surface area contributed by atoms with Crippen LogP contribution in [-0.2, 0) is 0 Å². The van der Waals surface area contributed by atoms with Crippen LogP contribution >= 0.6 is 11.6 Å². The van der Waals surface area contributed by atoms with Crippen molar-refractivity contribution in [3.05, 3.63) is 28.8 Å². The highest BCUT2D eigenvalue weighted by Gasteiger charge is 2.35. The molecule has 96 valence electrons. The van der Waals surface area contributed by atoms with Crippen LogP contribution in [0.5, 0.6) is 0 Å². The third-order valence-corrected chi connectivity index (χ3v) is 4.26. The minimum atomic E-state index is 0.0846. The molecular weight excluding hydrogens is 244 g/mol. The summed E-state index contributed by atoms with van der Waals surface area (Å²) in [5, 5.41) is 10.1. The van der Waals surface area contributed by atoms with Crippen molar-refractivity contribution in [2.75, 3.05) is 18.0 Å². The van der Waals surface area contributed by atoms with Crippen molar-refractivity contribution in [3.8, 4) is 6.07 Å². The minimum Gasteiger partial charge on any atom is -0.370 e. The Bertz CT molecular complexity index is 488. The van der Waals surface area contributed by atoms with Gasteiger partial charge in [-0.1, -0.05) is 25.4 Å². The van der Waals surface area contributed by atoms with Gasteiger partial charge in [-0.25, -0.2) is 0 Å². The molecule has 0 N–H and O–H groups in total. The number of hydrogen-bond donors (Lipinski definition) is 0. The molecule has 1 unspecified atom stereocenters. The van der Waals surface area contributed by atoms with Gasteiger partial charge in [0.25, 0.3) is 0 Å². The predicted molar refractivity (Wildman–Crippen MR) is 75.9 cm³/mol. The normalized spacial score (nSPS) is 22.6. The average Bonchev–Trinajstić information content (AvgIpc) is 2.30. The van der Waals surface area contributed by atoms with E-state index in [4.69, 9.17) is 11.6 Å². The zero-order valence-corrected chi connectivity index (χ0v) is 12.0. The van der Waals surface area contributed by atoms with Crippen molar-refractivity contribution < 1.29 is 0 Å². The number of benzene rings is 1. The Morgan fingerprint density at radius 3 is 2.78 bits per heavy atom. The van der Waals surface area contributed by atoms with Gasteiger partial charge in [-0.05, 0) is 42.5 Å². The van der Waals surface area contributed by atoms with Crippen molar-refractivity contribution in [1.82, 2.24) is 0 Å². The summed E-state index contributed by atoms with van der Waals surface area (Å²) < 4.78 is 0. The maximum absolute atomic E-state index is 9.31. The van der Waals surface area contributed by atoms with Gasteiger partial charge in [0.1, 0.15) is 0 Å². The lowest BCUT2D eigenvalue weighted by Gasteiger charge is -2.42. The van der Waals surface area contributed by atoms with Crippen molar-refractivity contribution in [2.24, 2.45) is 11.3 Å². The van der Waals surface area contributed by atoms with E-state index in [1.165, 1.54) is 11.3 Å². The smallest absolute Gasteiger partial charge is 0.0690 e. The Morgan fingerprint density at radius 1 is 1.44 bits per heavy atom. The first-order chi connectivity index (χ1) is 8.44. The lowest BCUT2D eigenvalue weighted by Crippen LogP contribution is -2.44. The number of anilines is 1. The molecule has 0 spiro atoms. The highest BCUT2D eigenvalue weighted by atomic mass is 35.5. The second-order valence-electron chi connectivity index (χ2n) is 5.80. The summed E-state index contributed by atoms with van der Waals surface area (Å²) >= 11 is 5.99. The molecule has 18 heavy (non-hydrogen) atoms. The third-order valence-electron chi connectivity index (χ3n) is 4.03.